The fourth-order valence-corrected chi connectivity index (χ4v) is 5.48. The second-order valence-electron chi connectivity index (χ2n) is 8.01. The van der Waals surface area contributed by atoms with E-state index in [0.29, 0.717) is 5.39 Å². The summed E-state index contributed by atoms with van der Waals surface area (Å²) in [7, 11) is -0.210. The summed E-state index contributed by atoms with van der Waals surface area (Å²) >= 11 is 0. The third-order valence-electron chi connectivity index (χ3n) is 5.60. The molecule has 3 aromatic carbocycles. The van der Waals surface area contributed by atoms with Gasteiger partial charge in [-0.25, -0.2) is 8.42 Å². The molecular formula is C25H27N3O4S. The average molecular weight is 466 g/mol. The monoisotopic (exact) mass is 465 g/mol. The second-order valence-corrected chi connectivity index (χ2v) is 9.69. The maximum absolute atomic E-state index is 13.5. The van der Waals surface area contributed by atoms with Crippen molar-refractivity contribution in [3.63, 3.8) is 0 Å². The van der Waals surface area contributed by atoms with E-state index in [9.17, 15) is 13.2 Å². The SMILES string of the molecule is CCOC(=O)[C@@H](Cc1c[nH]c2ccccc12)NS(=O)(=O)c1cccc2c(N(C)C)cccc12. The summed E-state index contributed by atoms with van der Waals surface area (Å²) in [6.45, 7) is 1.86. The van der Waals surface area contributed by atoms with Gasteiger partial charge in [-0.15, -0.1) is 0 Å². The summed E-state index contributed by atoms with van der Waals surface area (Å²) in [6.07, 6.45) is 1.96. The number of carbonyl (C=O) groups is 1. The number of aromatic nitrogens is 1. The van der Waals surface area contributed by atoms with Crippen LogP contribution in [0.25, 0.3) is 21.7 Å². The summed E-state index contributed by atoms with van der Waals surface area (Å²) in [6, 6.07) is 17.3. The molecule has 1 heterocycles. The van der Waals surface area contributed by atoms with E-state index in [1.54, 1.807) is 31.3 Å². The minimum absolute atomic E-state index is 0.122. The normalized spacial score (nSPS) is 12.7. The van der Waals surface area contributed by atoms with Crippen LogP contribution >= 0.6 is 0 Å². The number of nitrogens with zero attached hydrogens (tertiary/aromatic N) is 1. The van der Waals surface area contributed by atoms with Crippen LogP contribution in [0.1, 0.15) is 12.5 Å². The van der Waals surface area contributed by atoms with Crippen LogP contribution in [-0.4, -0.2) is 46.1 Å². The van der Waals surface area contributed by atoms with Crippen LogP contribution in [0.15, 0.2) is 71.8 Å². The van der Waals surface area contributed by atoms with Crippen molar-refractivity contribution in [2.45, 2.75) is 24.3 Å². The Morgan fingerprint density at radius 2 is 1.70 bits per heavy atom. The number of benzene rings is 3. The van der Waals surface area contributed by atoms with Gasteiger partial charge in [0, 0.05) is 54.1 Å². The molecule has 0 bridgehead atoms. The number of anilines is 1. The highest BCUT2D eigenvalue weighted by Crippen LogP contribution is 2.30. The zero-order valence-corrected chi connectivity index (χ0v) is 19.6. The van der Waals surface area contributed by atoms with Gasteiger partial charge in [-0.2, -0.15) is 4.72 Å². The molecule has 1 atom stereocenters. The molecule has 0 aliphatic heterocycles. The summed E-state index contributed by atoms with van der Waals surface area (Å²) < 4.78 is 34.8. The lowest BCUT2D eigenvalue weighted by Crippen LogP contribution is -2.43. The molecule has 2 N–H and O–H groups in total. The first-order valence-electron chi connectivity index (χ1n) is 10.7. The third kappa shape index (κ3) is 4.58. The Morgan fingerprint density at radius 3 is 2.45 bits per heavy atom. The van der Waals surface area contributed by atoms with Gasteiger partial charge in [0.05, 0.1) is 11.5 Å². The van der Waals surface area contributed by atoms with E-state index in [4.69, 9.17) is 4.74 Å². The van der Waals surface area contributed by atoms with Gasteiger partial charge in [-0.3, -0.25) is 4.79 Å². The zero-order valence-electron chi connectivity index (χ0n) is 18.8. The van der Waals surface area contributed by atoms with Crippen LogP contribution < -0.4 is 9.62 Å². The summed E-state index contributed by atoms with van der Waals surface area (Å²) in [5, 5.41) is 2.34. The lowest BCUT2D eigenvalue weighted by molar-refractivity contribution is -0.145. The molecule has 0 fully saturated rings. The zero-order chi connectivity index (χ0) is 23.6. The molecule has 0 amide bonds. The molecule has 0 aliphatic carbocycles. The third-order valence-corrected chi connectivity index (χ3v) is 7.13. The van der Waals surface area contributed by atoms with E-state index >= 15 is 0 Å². The van der Waals surface area contributed by atoms with Crippen molar-refractivity contribution in [1.82, 2.24) is 9.71 Å². The Balaban J connectivity index is 1.73. The molecule has 8 heteroatoms. The number of carbonyl (C=O) groups excluding carboxylic acids is 1. The van der Waals surface area contributed by atoms with E-state index in [1.165, 1.54) is 0 Å². The first-order valence-corrected chi connectivity index (χ1v) is 12.2. The van der Waals surface area contributed by atoms with Crippen LogP contribution in [0.5, 0.6) is 0 Å². The first-order chi connectivity index (χ1) is 15.8. The number of sulfonamides is 1. The Hall–Kier alpha value is -3.36. The maximum Gasteiger partial charge on any atom is 0.324 e. The average Bonchev–Trinajstić information content (AvgIpc) is 3.20. The molecule has 4 rings (SSSR count). The molecule has 0 radical (unpaired) electrons. The van der Waals surface area contributed by atoms with E-state index < -0.39 is 22.0 Å². The lowest BCUT2D eigenvalue weighted by atomic mass is 10.1. The Bertz CT molecular complexity index is 1410. The molecule has 0 unspecified atom stereocenters. The van der Waals surface area contributed by atoms with Crippen LogP contribution in [0.4, 0.5) is 5.69 Å². The van der Waals surface area contributed by atoms with Crippen molar-refractivity contribution >= 4 is 43.4 Å². The predicted molar refractivity (Wildman–Crippen MR) is 131 cm³/mol. The number of nitrogens with one attached hydrogen (secondary N) is 2. The number of fused-ring (bicyclic) bond motifs is 2. The van der Waals surface area contributed by atoms with Gasteiger partial charge < -0.3 is 14.6 Å². The predicted octanol–water partition coefficient (Wildman–Crippen LogP) is 3.84. The van der Waals surface area contributed by atoms with Crippen LogP contribution in [0.3, 0.4) is 0 Å². The molecule has 1 aromatic heterocycles. The van der Waals surface area contributed by atoms with Crippen molar-refractivity contribution < 1.29 is 17.9 Å². The standard InChI is InChI=1S/C25H27N3O4S/c1-4-32-25(29)22(15-17-16-26-21-12-6-5-9-18(17)21)27-33(30,31)24-14-8-10-19-20(24)11-7-13-23(19)28(2)3/h5-14,16,22,26-27H,4,15H2,1-3H3/t22-/m1/s1. The topological polar surface area (TPSA) is 91.5 Å². The number of rotatable bonds is 8. The highest BCUT2D eigenvalue weighted by Gasteiger charge is 2.29. The van der Waals surface area contributed by atoms with Crippen molar-refractivity contribution in [2.75, 3.05) is 25.6 Å². The van der Waals surface area contributed by atoms with Crippen molar-refractivity contribution in [3.8, 4) is 0 Å². The first kappa shape index (κ1) is 22.8. The number of H-pyrrole nitrogens is 1. The van der Waals surface area contributed by atoms with Gasteiger partial charge in [0.2, 0.25) is 10.0 Å². The number of esters is 1. The fraction of sp³-hybridized carbons (Fsp3) is 0.240. The molecule has 0 aliphatic rings. The number of hydrogen-bond donors (Lipinski definition) is 2. The molecule has 0 saturated carbocycles. The van der Waals surface area contributed by atoms with Gasteiger partial charge in [-0.05, 0) is 30.7 Å². The highest BCUT2D eigenvalue weighted by molar-refractivity contribution is 7.89. The minimum Gasteiger partial charge on any atom is -0.465 e. The van der Waals surface area contributed by atoms with Gasteiger partial charge in [0.1, 0.15) is 6.04 Å². The number of para-hydroxylation sites is 1. The molecule has 7 nitrogen and oxygen atoms in total. The molecular weight excluding hydrogens is 438 g/mol. The van der Waals surface area contributed by atoms with E-state index in [2.05, 4.69) is 9.71 Å². The van der Waals surface area contributed by atoms with Gasteiger partial charge >= 0.3 is 5.97 Å². The van der Waals surface area contributed by atoms with Crippen LogP contribution in [0, 0.1) is 0 Å². The molecule has 4 aromatic rings. The minimum atomic E-state index is -4.03. The summed E-state index contributed by atoms with van der Waals surface area (Å²) in [5.41, 5.74) is 2.66. The summed E-state index contributed by atoms with van der Waals surface area (Å²) in [5.74, 6) is -0.611. The number of hydrogen-bond acceptors (Lipinski definition) is 5. The van der Waals surface area contributed by atoms with Gasteiger partial charge in [0.15, 0.2) is 0 Å². The van der Waals surface area contributed by atoms with E-state index in [0.717, 1.165) is 27.5 Å². The van der Waals surface area contributed by atoms with E-state index in [-0.39, 0.29) is 17.9 Å². The van der Waals surface area contributed by atoms with Crippen LogP contribution in [-0.2, 0) is 26.0 Å². The molecule has 0 saturated heterocycles. The van der Waals surface area contributed by atoms with E-state index in [1.807, 2.05) is 61.5 Å². The molecule has 33 heavy (non-hydrogen) atoms. The van der Waals surface area contributed by atoms with Crippen LogP contribution in [0.2, 0.25) is 0 Å². The summed E-state index contributed by atoms with van der Waals surface area (Å²) in [4.78, 5) is 18.0. The fourth-order valence-electron chi connectivity index (χ4n) is 4.08. The van der Waals surface area contributed by atoms with Crippen molar-refractivity contribution in [1.29, 1.82) is 0 Å². The van der Waals surface area contributed by atoms with Gasteiger partial charge in [0.25, 0.3) is 0 Å². The Morgan fingerprint density at radius 1 is 1.00 bits per heavy atom. The van der Waals surface area contributed by atoms with Gasteiger partial charge in [-0.1, -0.05) is 42.5 Å². The molecule has 0 spiro atoms. The van der Waals surface area contributed by atoms with Crippen molar-refractivity contribution in [2.24, 2.45) is 0 Å². The maximum atomic E-state index is 13.5. The quantitative estimate of drug-likeness (QED) is 0.386. The smallest absolute Gasteiger partial charge is 0.324 e. The largest absolute Gasteiger partial charge is 0.465 e. The van der Waals surface area contributed by atoms with Crippen molar-refractivity contribution in [3.05, 3.63) is 72.4 Å². The lowest BCUT2D eigenvalue weighted by Gasteiger charge is -2.19. The molecule has 172 valence electrons. The second kappa shape index (κ2) is 9.25. The Labute approximate surface area is 193 Å². The Kier molecular flexibility index (Phi) is 6.40. The highest BCUT2D eigenvalue weighted by atomic mass is 32.2. The number of aromatic amines is 1. The number of ether oxygens (including phenoxy) is 1.